The molecule has 0 saturated carbocycles. The van der Waals surface area contributed by atoms with Crippen LogP contribution in [0.3, 0.4) is 0 Å². The maximum Gasteiger partial charge on any atom is 0.319 e. The summed E-state index contributed by atoms with van der Waals surface area (Å²) in [6.07, 6.45) is 0.890. The summed E-state index contributed by atoms with van der Waals surface area (Å²) in [4.78, 5) is 31.6. The summed E-state index contributed by atoms with van der Waals surface area (Å²) in [6, 6.07) is 9.68. The van der Waals surface area contributed by atoms with Crippen LogP contribution in [0.1, 0.15) is 49.6 Å². The van der Waals surface area contributed by atoms with E-state index in [1.54, 1.807) is 0 Å². The lowest BCUT2D eigenvalue weighted by molar-refractivity contribution is -0.160. The minimum atomic E-state index is -0.457. The fraction of sp³-hybridized carbons (Fsp3) is 0.455. The number of piperidine rings is 1. The van der Waals surface area contributed by atoms with Crippen molar-refractivity contribution in [3.05, 3.63) is 41.1 Å². The van der Waals surface area contributed by atoms with Gasteiger partial charge in [0.2, 0.25) is 5.91 Å². The molecule has 2 aliphatic heterocycles. The number of rotatable bonds is 4. The van der Waals surface area contributed by atoms with E-state index in [9.17, 15) is 14.9 Å². The van der Waals surface area contributed by atoms with Gasteiger partial charge in [-0.1, -0.05) is 32.0 Å². The lowest BCUT2D eigenvalue weighted by Crippen LogP contribution is -2.47. The molecule has 0 spiro atoms. The summed E-state index contributed by atoms with van der Waals surface area (Å²) in [6.45, 7) is 4.06. The monoisotopic (exact) mass is 392 g/mol. The first-order valence-electron chi connectivity index (χ1n) is 10.0. The summed E-state index contributed by atoms with van der Waals surface area (Å²) >= 11 is 0. The molecule has 4 atom stereocenters. The Labute approximate surface area is 169 Å². The van der Waals surface area contributed by atoms with E-state index >= 15 is 0 Å². The lowest BCUT2D eigenvalue weighted by Gasteiger charge is -2.41. The molecule has 2 N–H and O–H groups in total. The molecule has 7 heteroatoms. The molecular weight excluding hydrogens is 368 g/mol. The second kappa shape index (κ2) is 7.45. The van der Waals surface area contributed by atoms with Gasteiger partial charge in [0.05, 0.1) is 29.4 Å². The number of nitriles is 1. The van der Waals surface area contributed by atoms with Gasteiger partial charge in [0.25, 0.3) is 0 Å². The van der Waals surface area contributed by atoms with E-state index in [0.717, 1.165) is 22.2 Å². The van der Waals surface area contributed by atoms with Crippen LogP contribution in [0.5, 0.6) is 0 Å². The molecule has 2 aromatic rings. The molecule has 1 fully saturated rings. The Kier molecular flexibility index (Phi) is 4.97. The smallest absolute Gasteiger partial charge is 0.319 e. The van der Waals surface area contributed by atoms with Gasteiger partial charge in [0.15, 0.2) is 0 Å². The molecule has 3 heterocycles. The lowest BCUT2D eigenvalue weighted by atomic mass is 9.78. The average Bonchev–Trinajstić information content (AvgIpc) is 3.11. The van der Waals surface area contributed by atoms with Crippen molar-refractivity contribution in [3.63, 3.8) is 0 Å². The Balaban J connectivity index is 1.76. The van der Waals surface area contributed by atoms with Gasteiger partial charge in [-0.05, 0) is 18.9 Å². The molecule has 150 valence electrons. The van der Waals surface area contributed by atoms with Crippen LogP contribution in [0.25, 0.3) is 10.9 Å². The molecule has 1 aromatic heterocycles. The van der Waals surface area contributed by atoms with E-state index < -0.39 is 5.97 Å². The van der Waals surface area contributed by atoms with E-state index in [1.807, 2.05) is 43.0 Å². The fourth-order valence-corrected chi connectivity index (χ4v) is 4.80. The van der Waals surface area contributed by atoms with Crippen LogP contribution in [0, 0.1) is 23.2 Å². The van der Waals surface area contributed by atoms with E-state index in [-0.39, 0.29) is 36.4 Å². The SMILES string of the molecule is CCC(OC(=O)CN)C1CC2c3nc4ccccc4c(C#N)c3CN2C(=O)C1C. The minimum absolute atomic E-state index is 0.0134. The van der Waals surface area contributed by atoms with Gasteiger partial charge >= 0.3 is 5.97 Å². The predicted molar refractivity (Wildman–Crippen MR) is 106 cm³/mol. The Bertz CT molecular complexity index is 1030. The van der Waals surface area contributed by atoms with E-state index in [4.69, 9.17) is 15.5 Å². The maximum atomic E-state index is 13.2. The largest absolute Gasteiger partial charge is 0.461 e. The van der Waals surface area contributed by atoms with Gasteiger partial charge in [-0.2, -0.15) is 5.26 Å². The van der Waals surface area contributed by atoms with Gasteiger partial charge in [-0.25, -0.2) is 0 Å². The molecule has 1 saturated heterocycles. The number of fused-ring (bicyclic) bond motifs is 4. The maximum absolute atomic E-state index is 13.2. The van der Waals surface area contributed by atoms with Gasteiger partial charge < -0.3 is 15.4 Å². The number of nitrogens with zero attached hydrogens (tertiary/aromatic N) is 3. The first-order chi connectivity index (χ1) is 14.0. The van der Waals surface area contributed by atoms with Crippen LogP contribution in [0.15, 0.2) is 24.3 Å². The number of para-hydroxylation sites is 1. The number of hydrogen-bond acceptors (Lipinski definition) is 6. The highest BCUT2D eigenvalue weighted by atomic mass is 16.5. The molecule has 1 amide bonds. The molecular formula is C22H24N4O3. The number of carbonyl (C=O) groups is 2. The number of pyridine rings is 1. The third-order valence-corrected chi connectivity index (χ3v) is 6.30. The highest BCUT2D eigenvalue weighted by Gasteiger charge is 2.48. The number of benzene rings is 1. The Hall–Kier alpha value is -2.98. The van der Waals surface area contributed by atoms with Crippen LogP contribution in [0.4, 0.5) is 0 Å². The number of aromatic nitrogens is 1. The van der Waals surface area contributed by atoms with Crippen molar-refractivity contribution < 1.29 is 14.3 Å². The first-order valence-corrected chi connectivity index (χ1v) is 10.0. The Morgan fingerprint density at radius 2 is 2.21 bits per heavy atom. The highest BCUT2D eigenvalue weighted by Crippen LogP contribution is 2.47. The molecule has 0 radical (unpaired) electrons. The van der Waals surface area contributed by atoms with Crippen molar-refractivity contribution in [2.24, 2.45) is 17.6 Å². The molecule has 7 nitrogen and oxygen atoms in total. The van der Waals surface area contributed by atoms with Crippen molar-refractivity contribution in [2.75, 3.05) is 6.54 Å². The number of esters is 1. The topological polar surface area (TPSA) is 109 Å². The quantitative estimate of drug-likeness (QED) is 0.801. The van der Waals surface area contributed by atoms with Crippen molar-refractivity contribution in [3.8, 4) is 6.07 Å². The average molecular weight is 392 g/mol. The predicted octanol–water partition coefficient (Wildman–Crippen LogP) is 2.43. The summed E-state index contributed by atoms with van der Waals surface area (Å²) < 4.78 is 5.55. The van der Waals surface area contributed by atoms with Crippen molar-refractivity contribution in [2.45, 2.75) is 45.4 Å². The van der Waals surface area contributed by atoms with Gasteiger partial charge in [-0.15, -0.1) is 0 Å². The zero-order chi connectivity index (χ0) is 20.7. The second-order valence-corrected chi connectivity index (χ2v) is 7.79. The van der Waals surface area contributed by atoms with E-state index in [1.165, 1.54) is 0 Å². The normalized spacial score (nSPS) is 24.0. The van der Waals surface area contributed by atoms with Gasteiger partial charge in [0, 0.05) is 29.3 Å². The molecule has 0 bridgehead atoms. The molecule has 2 aliphatic rings. The Morgan fingerprint density at radius 1 is 1.45 bits per heavy atom. The highest BCUT2D eigenvalue weighted by molar-refractivity contribution is 5.88. The second-order valence-electron chi connectivity index (χ2n) is 7.79. The van der Waals surface area contributed by atoms with Crippen molar-refractivity contribution in [1.82, 2.24) is 9.88 Å². The van der Waals surface area contributed by atoms with Crippen LogP contribution in [0.2, 0.25) is 0 Å². The van der Waals surface area contributed by atoms with Crippen LogP contribution in [-0.2, 0) is 20.9 Å². The molecule has 29 heavy (non-hydrogen) atoms. The summed E-state index contributed by atoms with van der Waals surface area (Å²) in [5.74, 6) is -0.842. The first kappa shape index (κ1) is 19.3. The summed E-state index contributed by atoms with van der Waals surface area (Å²) in [7, 11) is 0. The minimum Gasteiger partial charge on any atom is -0.461 e. The third kappa shape index (κ3) is 3.04. The molecule has 4 rings (SSSR count). The Morgan fingerprint density at radius 3 is 2.90 bits per heavy atom. The number of nitrogens with two attached hydrogens (primary N) is 1. The van der Waals surface area contributed by atoms with E-state index in [0.29, 0.717) is 24.9 Å². The van der Waals surface area contributed by atoms with Crippen molar-refractivity contribution in [1.29, 1.82) is 5.26 Å². The van der Waals surface area contributed by atoms with Crippen LogP contribution >= 0.6 is 0 Å². The third-order valence-electron chi connectivity index (χ3n) is 6.30. The van der Waals surface area contributed by atoms with Gasteiger partial charge in [0.1, 0.15) is 12.2 Å². The molecule has 4 unspecified atom stereocenters. The number of carbonyl (C=O) groups excluding carboxylic acids is 2. The zero-order valence-electron chi connectivity index (χ0n) is 16.6. The number of hydrogen-bond donors (Lipinski definition) is 1. The van der Waals surface area contributed by atoms with Crippen LogP contribution < -0.4 is 5.73 Å². The standard InChI is InChI=1S/C22H24N4O3/c1-3-19(29-20(27)10-24)14-8-18-21-16(11-26(18)22(28)12(14)2)15(9-23)13-6-4-5-7-17(13)25-21/h4-7,12,14,18-19H,3,8,10-11,24H2,1-2H3. The zero-order valence-corrected chi connectivity index (χ0v) is 16.6. The summed E-state index contributed by atoms with van der Waals surface area (Å²) in [5, 5.41) is 10.6. The molecule has 0 aliphatic carbocycles. The molecule has 1 aromatic carbocycles. The van der Waals surface area contributed by atoms with Crippen molar-refractivity contribution >= 4 is 22.8 Å². The fourth-order valence-electron chi connectivity index (χ4n) is 4.80. The number of amides is 1. The van der Waals surface area contributed by atoms with Crippen LogP contribution in [-0.4, -0.2) is 34.4 Å². The van der Waals surface area contributed by atoms with Gasteiger partial charge in [-0.3, -0.25) is 14.6 Å². The number of ether oxygens (including phenoxy) is 1. The summed E-state index contributed by atoms with van der Waals surface area (Å²) in [5.41, 5.74) is 8.40. The van der Waals surface area contributed by atoms with E-state index in [2.05, 4.69) is 6.07 Å².